The van der Waals surface area contributed by atoms with Gasteiger partial charge in [0.05, 0.1) is 11.3 Å². The van der Waals surface area contributed by atoms with Crippen LogP contribution in [0.3, 0.4) is 0 Å². The van der Waals surface area contributed by atoms with Crippen molar-refractivity contribution in [2.45, 2.75) is 18.5 Å². The van der Waals surface area contributed by atoms with E-state index in [2.05, 4.69) is 10.2 Å². The van der Waals surface area contributed by atoms with Crippen LogP contribution < -0.4 is 10.2 Å². The molecule has 1 saturated heterocycles. The van der Waals surface area contributed by atoms with Crippen molar-refractivity contribution in [3.05, 3.63) is 58.6 Å². The maximum Gasteiger partial charge on any atom is 0.418 e. The summed E-state index contributed by atoms with van der Waals surface area (Å²) in [7, 11) is 1.99. The number of amides is 1. The highest BCUT2D eigenvalue weighted by atomic mass is 35.5. The summed E-state index contributed by atoms with van der Waals surface area (Å²) in [6.07, 6.45) is -3.98. The summed E-state index contributed by atoms with van der Waals surface area (Å²) in [5.41, 5.74) is 0.368. The zero-order chi connectivity index (χ0) is 21.5. The fourth-order valence-electron chi connectivity index (χ4n) is 3.97. The topological polar surface area (TPSA) is 35.6 Å². The Hall–Kier alpha value is -2.25. The summed E-state index contributed by atoms with van der Waals surface area (Å²) in [5, 5.41) is 3.08. The van der Waals surface area contributed by atoms with E-state index in [0.29, 0.717) is 30.2 Å². The second-order valence-electron chi connectivity index (χ2n) is 7.98. The van der Waals surface area contributed by atoms with Crippen LogP contribution >= 0.6 is 11.6 Å². The zero-order valence-electron chi connectivity index (χ0n) is 16.5. The van der Waals surface area contributed by atoms with Gasteiger partial charge in [-0.25, -0.2) is 0 Å². The van der Waals surface area contributed by atoms with Gasteiger partial charge in [0, 0.05) is 42.8 Å². The van der Waals surface area contributed by atoms with Crippen molar-refractivity contribution >= 4 is 28.9 Å². The first-order valence-electron chi connectivity index (χ1n) is 9.94. The maximum absolute atomic E-state index is 13.7. The molecule has 4 rings (SSSR count). The molecule has 2 fully saturated rings. The second-order valence-corrected chi connectivity index (χ2v) is 8.38. The van der Waals surface area contributed by atoms with Gasteiger partial charge in [0.2, 0.25) is 5.91 Å². The van der Waals surface area contributed by atoms with Gasteiger partial charge in [-0.1, -0.05) is 29.8 Å². The van der Waals surface area contributed by atoms with Crippen molar-refractivity contribution in [1.29, 1.82) is 0 Å². The van der Waals surface area contributed by atoms with Crippen molar-refractivity contribution in [3.8, 4) is 0 Å². The molecule has 2 aromatic rings. The molecule has 0 radical (unpaired) electrons. The van der Waals surface area contributed by atoms with E-state index >= 15 is 0 Å². The first-order chi connectivity index (χ1) is 14.2. The Balaban J connectivity index is 1.51. The van der Waals surface area contributed by atoms with Crippen LogP contribution in [0.4, 0.5) is 24.5 Å². The van der Waals surface area contributed by atoms with E-state index in [1.165, 1.54) is 6.07 Å². The van der Waals surface area contributed by atoms with Crippen molar-refractivity contribution in [2.24, 2.45) is 5.92 Å². The Labute approximate surface area is 178 Å². The summed E-state index contributed by atoms with van der Waals surface area (Å²) in [5.74, 6) is -0.835. The highest BCUT2D eigenvalue weighted by molar-refractivity contribution is 6.31. The Morgan fingerprint density at radius 3 is 2.47 bits per heavy atom. The van der Waals surface area contributed by atoms with E-state index in [1.807, 2.05) is 24.1 Å². The molecule has 1 aliphatic heterocycles. The largest absolute Gasteiger partial charge is 0.418 e. The molecular weight excluding hydrogens is 415 g/mol. The molecule has 1 aliphatic carbocycles. The van der Waals surface area contributed by atoms with E-state index < -0.39 is 17.6 Å². The fourth-order valence-corrected chi connectivity index (χ4v) is 4.24. The summed E-state index contributed by atoms with van der Waals surface area (Å²) in [4.78, 5) is 16.7. The number of piperazine rings is 1. The monoisotopic (exact) mass is 437 g/mol. The second kappa shape index (κ2) is 8.12. The lowest BCUT2D eigenvalue weighted by Gasteiger charge is -2.34. The van der Waals surface area contributed by atoms with Gasteiger partial charge in [0.1, 0.15) is 0 Å². The van der Waals surface area contributed by atoms with Crippen molar-refractivity contribution in [3.63, 3.8) is 0 Å². The van der Waals surface area contributed by atoms with Crippen LogP contribution in [0.5, 0.6) is 0 Å². The summed E-state index contributed by atoms with van der Waals surface area (Å²) >= 11 is 6.19. The fraction of sp³-hybridized carbons (Fsp3) is 0.409. The number of carbonyl (C=O) groups is 1. The van der Waals surface area contributed by atoms with Gasteiger partial charge < -0.3 is 15.1 Å². The number of alkyl halides is 3. The van der Waals surface area contributed by atoms with Crippen LogP contribution in [0.15, 0.2) is 42.5 Å². The molecular formula is C22H23ClF3N3O. The molecule has 30 heavy (non-hydrogen) atoms. The average molecular weight is 438 g/mol. The third kappa shape index (κ3) is 4.42. The van der Waals surface area contributed by atoms with Gasteiger partial charge in [-0.3, -0.25) is 4.79 Å². The molecule has 4 nitrogen and oxygen atoms in total. The molecule has 2 aromatic carbocycles. The molecule has 8 heteroatoms. The lowest BCUT2D eigenvalue weighted by Crippen LogP contribution is -2.44. The smallest absolute Gasteiger partial charge is 0.369 e. The van der Waals surface area contributed by atoms with E-state index in [4.69, 9.17) is 11.6 Å². The van der Waals surface area contributed by atoms with Gasteiger partial charge in [0.15, 0.2) is 0 Å². The molecule has 1 amide bonds. The van der Waals surface area contributed by atoms with Crippen LogP contribution in [-0.2, 0) is 11.0 Å². The molecule has 1 N–H and O–H groups in total. The minimum atomic E-state index is -4.56. The first-order valence-corrected chi connectivity index (χ1v) is 10.3. The number of benzene rings is 2. The van der Waals surface area contributed by atoms with Crippen LogP contribution in [0.2, 0.25) is 5.02 Å². The van der Waals surface area contributed by atoms with Gasteiger partial charge >= 0.3 is 6.18 Å². The quantitative estimate of drug-likeness (QED) is 0.742. The van der Waals surface area contributed by atoms with Crippen LogP contribution in [0.1, 0.15) is 23.5 Å². The molecule has 2 unspecified atom stereocenters. The molecule has 2 aliphatic rings. The molecule has 2 atom stereocenters. The molecule has 1 saturated carbocycles. The van der Waals surface area contributed by atoms with E-state index in [-0.39, 0.29) is 17.5 Å². The van der Waals surface area contributed by atoms with Crippen LogP contribution in [0, 0.1) is 5.92 Å². The summed E-state index contributed by atoms with van der Waals surface area (Å²) in [6.45, 7) is 2.93. The number of anilines is 2. The van der Waals surface area contributed by atoms with Gasteiger partial charge in [0.25, 0.3) is 0 Å². The lowest BCUT2D eigenvalue weighted by molar-refractivity contribution is -0.137. The van der Waals surface area contributed by atoms with E-state index in [9.17, 15) is 18.0 Å². The highest BCUT2D eigenvalue weighted by Gasteiger charge is 2.45. The lowest BCUT2D eigenvalue weighted by atomic mass is 10.1. The summed E-state index contributed by atoms with van der Waals surface area (Å²) in [6, 6.07) is 11.4. The van der Waals surface area contributed by atoms with Crippen LogP contribution in [-0.4, -0.2) is 44.0 Å². The van der Waals surface area contributed by atoms with Gasteiger partial charge in [-0.15, -0.1) is 0 Å². The normalized spacial score (nSPS) is 22.1. The minimum Gasteiger partial charge on any atom is -0.369 e. The third-order valence-corrected chi connectivity index (χ3v) is 6.21. The highest BCUT2D eigenvalue weighted by Crippen LogP contribution is 2.50. The molecule has 0 aromatic heterocycles. The SMILES string of the molecule is CN1CCN(c2ccc(NC(=O)C3CC3c3ccccc3Cl)c(C(F)(F)F)c2)CC1. The van der Waals surface area contributed by atoms with Gasteiger partial charge in [-0.05, 0) is 49.2 Å². The molecule has 160 valence electrons. The van der Waals surface area contributed by atoms with Crippen molar-refractivity contribution in [2.75, 3.05) is 43.4 Å². The Bertz CT molecular complexity index is 941. The Morgan fingerprint density at radius 1 is 1.10 bits per heavy atom. The number of carbonyl (C=O) groups excluding carboxylic acids is 1. The number of hydrogen-bond donors (Lipinski definition) is 1. The Kier molecular flexibility index (Phi) is 5.68. The number of likely N-dealkylation sites (N-methyl/N-ethyl adjacent to an activating group) is 1. The third-order valence-electron chi connectivity index (χ3n) is 5.87. The predicted molar refractivity (Wildman–Crippen MR) is 112 cm³/mol. The van der Waals surface area contributed by atoms with E-state index in [0.717, 1.165) is 24.7 Å². The number of halogens is 4. The van der Waals surface area contributed by atoms with Crippen molar-refractivity contribution in [1.82, 2.24) is 4.90 Å². The maximum atomic E-state index is 13.7. The first kappa shape index (κ1) is 21.0. The number of hydrogen-bond acceptors (Lipinski definition) is 3. The number of nitrogens with zero attached hydrogens (tertiary/aromatic N) is 2. The minimum absolute atomic E-state index is 0.0577. The van der Waals surface area contributed by atoms with Crippen LogP contribution in [0.25, 0.3) is 0 Å². The van der Waals surface area contributed by atoms with Crippen molar-refractivity contribution < 1.29 is 18.0 Å². The molecule has 0 spiro atoms. The van der Waals surface area contributed by atoms with E-state index in [1.54, 1.807) is 18.2 Å². The Morgan fingerprint density at radius 2 is 1.80 bits per heavy atom. The average Bonchev–Trinajstić information content (AvgIpc) is 3.49. The van der Waals surface area contributed by atoms with Gasteiger partial charge in [-0.2, -0.15) is 13.2 Å². The molecule has 1 heterocycles. The number of rotatable bonds is 4. The predicted octanol–water partition coefficient (Wildman–Crippen LogP) is 4.85. The standard InChI is InChI=1S/C22H23ClF3N3O/c1-28-8-10-29(11-9-28)14-6-7-20(18(12-14)22(24,25)26)27-21(30)17-13-16(17)15-4-2-3-5-19(15)23/h2-7,12,16-17H,8-11,13H2,1H3,(H,27,30). The number of nitrogens with one attached hydrogen (secondary N) is 1. The molecule has 0 bridgehead atoms. The zero-order valence-corrected chi connectivity index (χ0v) is 17.3. The summed E-state index contributed by atoms with van der Waals surface area (Å²) < 4.78 is 41.2.